The number of amides is 1. The Morgan fingerprint density at radius 1 is 1.21 bits per heavy atom. The second-order valence-electron chi connectivity index (χ2n) is 7.36. The summed E-state index contributed by atoms with van der Waals surface area (Å²) in [6.45, 7) is 5.47. The van der Waals surface area contributed by atoms with E-state index in [4.69, 9.17) is 4.98 Å². The van der Waals surface area contributed by atoms with Gasteiger partial charge in [-0.25, -0.2) is 9.78 Å². The number of carbonyl (C=O) groups excluding carboxylic acids is 1. The first-order chi connectivity index (χ1) is 13.3. The summed E-state index contributed by atoms with van der Waals surface area (Å²) < 4.78 is 0. The maximum atomic E-state index is 13.1. The molecule has 0 bridgehead atoms. The lowest BCUT2D eigenvalue weighted by molar-refractivity contribution is 0.0701. The molecule has 28 heavy (non-hydrogen) atoms. The molecule has 1 fully saturated rings. The van der Waals surface area contributed by atoms with Gasteiger partial charge >= 0.3 is 5.97 Å². The quantitative estimate of drug-likeness (QED) is 0.669. The molecule has 1 atom stereocenters. The van der Waals surface area contributed by atoms with Crippen LogP contribution in [0.4, 0.5) is 0 Å². The van der Waals surface area contributed by atoms with Crippen molar-refractivity contribution in [2.45, 2.75) is 45.6 Å². The largest absolute Gasteiger partial charge is 0.477 e. The van der Waals surface area contributed by atoms with E-state index in [9.17, 15) is 14.7 Å². The second-order valence-corrected chi connectivity index (χ2v) is 8.39. The number of hydrogen-bond acceptors (Lipinski definition) is 5. The van der Waals surface area contributed by atoms with E-state index in [-0.39, 0.29) is 16.8 Å². The highest BCUT2D eigenvalue weighted by molar-refractivity contribution is 7.13. The topological polar surface area (TPSA) is 92.2 Å². The van der Waals surface area contributed by atoms with E-state index in [1.807, 2.05) is 38.1 Å². The van der Waals surface area contributed by atoms with Gasteiger partial charge in [-0.05, 0) is 51.8 Å². The van der Waals surface area contributed by atoms with Crippen LogP contribution in [0.5, 0.6) is 0 Å². The number of carboxylic acids is 1. The van der Waals surface area contributed by atoms with Crippen molar-refractivity contribution in [2.24, 2.45) is 0 Å². The van der Waals surface area contributed by atoms with E-state index in [1.165, 1.54) is 0 Å². The zero-order valence-corrected chi connectivity index (χ0v) is 16.8. The zero-order chi connectivity index (χ0) is 20.0. The molecule has 3 aromatic rings. The molecule has 1 unspecified atom stereocenters. The summed E-state index contributed by atoms with van der Waals surface area (Å²) in [5, 5.41) is 13.6. The Labute approximate surface area is 166 Å². The molecule has 1 amide bonds. The van der Waals surface area contributed by atoms with E-state index in [0.29, 0.717) is 22.2 Å². The molecule has 2 N–H and O–H groups in total. The van der Waals surface area contributed by atoms with E-state index >= 15 is 0 Å². The summed E-state index contributed by atoms with van der Waals surface area (Å²) in [4.78, 5) is 33.6. The third-order valence-corrected chi connectivity index (χ3v) is 6.28. The molecule has 4 rings (SSSR count). The number of aryl methyl sites for hydroxylation is 2. The first kappa shape index (κ1) is 18.6. The number of hydrogen-bond donors (Lipinski definition) is 2. The third kappa shape index (κ3) is 3.49. The lowest BCUT2D eigenvalue weighted by Gasteiger charge is -2.14. The minimum atomic E-state index is -0.996. The number of carbonyl (C=O) groups is 2. The molecular formula is C21H21N3O3S. The van der Waals surface area contributed by atoms with Crippen molar-refractivity contribution < 1.29 is 14.7 Å². The highest BCUT2D eigenvalue weighted by Gasteiger charge is 2.27. The van der Waals surface area contributed by atoms with E-state index < -0.39 is 5.97 Å². The molecule has 1 saturated carbocycles. The summed E-state index contributed by atoms with van der Waals surface area (Å²) in [5.74, 6) is -0.754. The standard InChI is InChI=1S/C21H21N3O3S/c1-10-4-7-16-14(8-10)15(9-17(24-16)13-5-6-13)19(25)22-12(3)20-23-11(2)18(28-20)21(26)27/h4,7-9,12-13H,5-6H2,1-3H3,(H,22,25)(H,26,27). The molecule has 0 saturated heterocycles. The summed E-state index contributed by atoms with van der Waals surface area (Å²) >= 11 is 1.10. The average molecular weight is 395 g/mol. The zero-order valence-electron chi connectivity index (χ0n) is 15.9. The highest BCUT2D eigenvalue weighted by atomic mass is 32.1. The number of carboxylic acid groups (broad SMARTS) is 1. The fraction of sp³-hybridized carbons (Fsp3) is 0.333. The minimum absolute atomic E-state index is 0.197. The van der Waals surface area contributed by atoms with E-state index in [1.54, 1.807) is 6.92 Å². The fourth-order valence-corrected chi connectivity index (χ4v) is 4.18. The van der Waals surface area contributed by atoms with Crippen LogP contribution in [-0.4, -0.2) is 27.0 Å². The van der Waals surface area contributed by atoms with E-state index in [2.05, 4.69) is 10.3 Å². The number of benzene rings is 1. The van der Waals surface area contributed by atoms with Crippen molar-refractivity contribution >= 4 is 34.1 Å². The van der Waals surface area contributed by atoms with Crippen LogP contribution < -0.4 is 5.32 Å². The average Bonchev–Trinajstić information content (AvgIpc) is 3.42. The van der Waals surface area contributed by atoms with Gasteiger partial charge in [-0.15, -0.1) is 11.3 Å². The smallest absolute Gasteiger partial charge is 0.347 e. The van der Waals surface area contributed by atoms with Gasteiger partial charge in [0.25, 0.3) is 5.91 Å². The Morgan fingerprint density at radius 3 is 2.61 bits per heavy atom. The first-order valence-electron chi connectivity index (χ1n) is 9.26. The van der Waals surface area contributed by atoms with Crippen molar-refractivity contribution in [2.75, 3.05) is 0 Å². The monoisotopic (exact) mass is 395 g/mol. The Balaban J connectivity index is 1.67. The predicted octanol–water partition coefficient (Wildman–Crippen LogP) is 4.37. The first-order valence-corrected chi connectivity index (χ1v) is 10.1. The van der Waals surface area contributed by atoms with Crippen molar-refractivity contribution in [3.63, 3.8) is 0 Å². The molecule has 1 aliphatic carbocycles. The van der Waals surface area contributed by atoms with Gasteiger partial charge in [-0.3, -0.25) is 9.78 Å². The van der Waals surface area contributed by atoms with Crippen LogP contribution in [0.15, 0.2) is 24.3 Å². The summed E-state index contributed by atoms with van der Waals surface area (Å²) in [7, 11) is 0. The van der Waals surface area contributed by atoms with Gasteiger partial charge in [0.15, 0.2) is 0 Å². The number of aromatic nitrogens is 2. The number of pyridine rings is 1. The number of fused-ring (bicyclic) bond motifs is 1. The van der Waals surface area contributed by atoms with Crippen LogP contribution in [0.2, 0.25) is 0 Å². The van der Waals surface area contributed by atoms with Gasteiger partial charge in [-0.2, -0.15) is 0 Å². The van der Waals surface area contributed by atoms with Gasteiger partial charge in [-0.1, -0.05) is 11.6 Å². The van der Waals surface area contributed by atoms with Crippen LogP contribution >= 0.6 is 11.3 Å². The minimum Gasteiger partial charge on any atom is -0.477 e. The van der Waals surface area contributed by atoms with Crippen LogP contribution in [0.25, 0.3) is 10.9 Å². The number of aromatic carboxylic acids is 1. The van der Waals surface area contributed by atoms with Gasteiger partial charge in [0.05, 0.1) is 22.8 Å². The van der Waals surface area contributed by atoms with Gasteiger partial charge < -0.3 is 10.4 Å². The molecule has 2 aromatic heterocycles. The molecule has 2 heterocycles. The fourth-order valence-electron chi connectivity index (χ4n) is 3.27. The van der Waals surface area contributed by atoms with Gasteiger partial charge in [0, 0.05) is 17.0 Å². The normalized spacial score (nSPS) is 14.8. The Morgan fingerprint density at radius 2 is 1.96 bits per heavy atom. The maximum Gasteiger partial charge on any atom is 0.347 e. The number of nitrogens with zero attached hydrogens (tertiary/aromatic N) is 2. The van der Waals surface area contributed by atoms with Crippen molar-refractivity contribution in [3.05, 3.63) is 56.7 Å². The number of thiazole rings is 1. The molecule has 1 aromatic carbocycles. The molecule has 0 aliphatic heterocycles. The van der Waals surface area contributed by atoms with E-state index in [0.717, 1.165) is 46.3 Å². The van der Waals surface area contributed by atoms with Crippen molar-refractivity contribution in [1.29, 1.82) is 0 Å². The van der Waals surface area contributed by atoms with Crippen molar-refractivity contribution in [3.8, 4) is 0 Å². The number of rotatable bonds is 5. The molecular weight excluding hydrogens is 374 g/mol. The highest BCUT2D eigenvalue weighted by Crippen LogP contribution is 2.40. The molecule has 144 valence electrons. The molecule has 0 radical (unpaired) electrons. The lowest BCUT2D eigenvalue weighted by atomic mass is 10.0. The SMILES string of the molecule is Cc1ccc2nc(C3CC3)cc(C(=O)NC(C)c3nc(C)c(C(=O)O)s3)c2c1. The lowest BCUT2D eigenvalue weighted by Crippen LogP contribution is -2.27. The predicted molar refractivity (Wildman–Crippen MR) is 108 cm³/mol. The van der Waals surface area contributed by atoms with Crippen LogP contribution in [-0.2, 0) is 0 Å². The molecule has 7 heteroatoms. The third-order valence-electron chi connectivity index (χ3n) is 4.95. The second kappa shape index (κ2) is 6.98. The summed E-state index contributed by atoms with van der Waals surface area (Å²) in [5.41, 5.74) is 3.93. The van der Waals surface area contributed by atoms with Gasteiger partial charge in [0.2, 0.25) is 0 Å². The Hall–Kier alpha value is -2.80. The molecule has 1 aliphatic rings. The summed E-state index contributed by atoms with van der Waals surface area (Å²) in [6.07, 6.45) is 2.22. The van der Waals surface area contributed by atoms with Crippen LogP contribution in [0.1, 0.15) is 73.7 Å². The summed E-state index contributed by atoms with van der Waals surface area (Å²) in [6, 6.07) is 7.45. The van der Waals surface area contributed by atoms with Crippen LogP contribution in [0, 0.1) is 13.8 Å². The molecule has 0 spiro atoms. The van der Waals surface area contributed by atoms with Crippen LogP contribution in [0.3, 0.4) is 0 Å². The number of nitrogens with one attached hydrogen (secondary N) is 1. The molecule has 6 nitrogen and oxygen atoms in total. The maximum absolute atomic E-state index is 13.1. The van der Waals surface area contributed by atoms with Gasteiger partial charge in [0.1, 0.15) is 9.88 Å². The Bertz CT molecular complexity index is 1100. The van der Waals surface area contributed by atoms with Crippen molar-refractivity contribution in [1.82, 2.24) is 15.3 Å². The Kier molecular flexibility index (Phi) is 4.63.